The van der Waals surface area contributed by atoms with E-state index in [-0.39, 0.29) is 29.8 Å². The van der Waals surface area contributed by atoms with Crippen LogP contribution in [-0.2, 0) is 11.3 Å². The summed E-state index contributed by atoms with van der Waals surface area (Å²) in [5, 5.41) is 8.60. The van der Waals surface area contributed by atoms with Crippen LogP contribution in [0.3, 0.4) is 0 Å². The van der Waals surface area contributed by atoms with Crippen LogP contribution in [0.5, 0.6) is 5.75 Å². The van der Waals surface area contributed by atoms with Crippen LogP contribution < -0.4 is 20.7 Å². The van der Waals surface area contributed by atoms with E-state index in [4.69, 9.17) is 4.42 Å². The Morgan fingerprint density at radius 3 is 2.56 bits per heavy atom. The van der Waals surface area contributed by atoms with E-state index in [1.807, 2.05) is 0 Å². The van der Waals surface area contributed by atoms with E-state index < -0.39 is 41.6 Å². The first-order valence-corrected chi connectivity index (χ1v) is 12.0. The van der Waals surface area contributed by atoms with E-state index in [9.17, 15) is 31.5 Å². The summed E-state index contributed by atoms with van der Waals surface area (Å²) in [6.45, 7) is 0.711. The summed E-state index contributed by atoms with van der Waals surface area (Å²) in [5.41, 5.74) is 0.926. The van der Waals surface area contributed by atoms with E-state index in [1.165, 1.54) is 12.5 Å². The van der Waals surface area contributed by atoms with Crippen molar-refractivity contribution >= 4 is 11.8 Å². The van der Waals surface area contributed by atoms with Gasteiger partial charge in [-0.15, -0.1) is 13.2 Å². The zero-order chi connectivity index (χ0) is 28.0. The number of halogens is 5. The highest BCUT2D eigenvalue weighted by Gasteiger charge is 2.40. The largest absolute Gasteiger partial charge is 0.573 e. The second-order valence-corrected chi connectivity index (χ2v) is 8.95. The number of aromatic amines is 1. The highest BCUT2D eigenvalue weighted by Crippen LogP contribution is 2.43. The Morgan fingerprint density at radius 2 is 1.92 bits per heavy atom. The monoisotopic (exact) mass is 556 g/mol. The van der Waals surface area contributed by atoms with Crippen LogP contribution in [0.4, 0.5) is 22.0 Å². The van der Waals surface area contributed by atoms with Gasteiger partial charge in [-0.25, -0.2) is 18.7 Å². The average Bonchev–Trinajstić information content (AvgIpc) is 3.25. The summed E-state index contributed by atoms with van der Waals surface area (Å²) in [6, 6.07) is 0.751. The van der Waals surface area contributed by atoms with E-state index in [0.717, 1.165) is 18.5 Å². The third-order valence-electron chi connectivity index (χ3n) is 6.07. The molecule has 0 saturated heterocycles. The van der Waals surface area contributed by atoms with Crippen LogP contribution >= 0.6 is 0 Å². The molecule has 4 rings (SSSR count). The van der Waals surface area contributed by atoms with Crippen LogP contribution in [0.1, 0.15) is 53.4 Å². The molecule has 1 fully saturated rings. The standard InChI is InChI=1S/C24H25F5N6O4/c25-16-5-13(6-17(26)21(16)39-24(27,28)29)15-7-19(15)32-4-2-1-3-18(35-23(37)20-10-31-12-38-20)22(36)33-9-14-8-30-11-34-14/h5-6,8,10-12,15,18-19,32H,1-4,7,9H2,(H,30,34)(H,33,36)(H,35,37). The molecule has 210 valence electrons. The van der Waals surface area contributed by atoms with Gasteiger partial charge >= 0.3 is 6.36 Å². The van der Waals surface area contributed by atoms with Gasteiger partial charge in [0, 0.05) is 18.2 Å². The maximum atomic E-state index is 14.0. The number of unbranched alkanes of at least 4 members (excludes halogenated alkanes) is 1. The summed E-state index contributed by atoms with van der Waals surface area (Å²) in [6.07, 6.45) is 2.23. The molecule has 3 atom stereocenters. The van der Waals surface area contributed by atoms with Crippen molar-refractivity contribution in [2.45, 2.75) is 56.6 Å². The van der Waals surface area contributed by atoms with Gasteiger partial charge in [0.1, 0.15) is 6.04 Å². The molecule has 3 aromatic rings. The molecule has 4 N–H and O–H groups in total. The number of nitrogens with zero attached hydrogens (tertiary/aromatic N) is 2. The number of alkyl halides is 3. The molecule has 0 aliphatic heterocycles. The van der Waals surface area contributed by atoms with Crippen molar-refractivity contribution in [1.82, 2.24) is 30.9 Å². The lowest BCUT2D eigenvalue weighted by Crippen LogP contribution is -2.46. The summed E-state index contributed by atoms with van der Waals surface area (Å²) in [7, 11) is 0. The molecule has 3 unspecified atom stereocenters. The lowest BCUT2D eigenvalue weighted by atomic mass is 10.1. The molecule has 39 heavy (non-hydrogen) atoms. The molecule has 2 aromatic heterocycles. The van der Waals surface area contributed by atoms with Gasteiger partial charge in [-0.2, -0.15) is 0 Å². The van der Waals surface area contributed by atoms with Crippen molar-refractivity contribution in [1.29, 1.82) is 0 Å². The fourth-order valence-corrected chi connectivity index (χ4v) is 4.07. The van der Waals surface area contributed by atoms with E-state index >= 15 is 0 Å². The number of hydrogen-bond donors (Lipinski definition) is 4. The second kappa shape index (κ2) is 12.2. The van der Waals surface area contributed by atoms with Gasteiger partial charge in [-0.05, 0) is 49.9 Å². The number of hydrogen-bond acceptors (Lipinski definition) is 7. The minimum absolute atomic E-state index is 0.0336. The molecule has 0 bridgehead atoms. The van der Waals surface area contributed by atoms with Gasteiger partial charge in [-0.1, -0.05) is 0 Å². The topological polar surface area (TPSA) is 134 Å². The number of imidazole rings is 1. The van der Waals surface area contributed by atoms with Crippen LogP contribution in [0.15, 0.2) is 41.7 Å². The third-order valence-corrected chi connectivity index (χ3v) is 6.07. The molecule has 1 aliphatic rings. The number of benzene rings is 1. The highest BCUT2D eigenvalue weighted by molar-refractivity contribution is 5.95. The first-order chi connectivity index (χ1) is 18.6. The normalized spacial score (nSPS) is 17.5. The molecule has 2 heterocycles. The van der Waals surface area contributed by atoms with Gasteiger partial charge in [-0.3, -0.25) is 9.59 Å². The molecule has 10 nitrogen and oxygen atoms in total. The Hall–Kier alpha value is -4.01. The van der Waals surface area contributed by atoms with Gasteiger partial charge in [0.15, 0.2) is 18.0 Å². The summed E-state index contributed by atoms with van der Waals surface area (Å²) in [4.78, 5) is 35.5. The van der Waals surface area contributed by atoms with Crippen LogP contribution in [-0.4, -0.2) is 51.8 Å². The predicted octanol–water partition coefficient (Wildman–Crippen LogP) is 3.31. The molecule has 0 radical (unpaired) electrons. The van der Waals surface area contributed by atoms with Gasteiger partial charge < -0.3 is 30.1 Å². The van der Waals surface area contributed by atoms with Crippen molar-refractivity contribution in [2.75, 3.05) is 6.54 Å². The van der Waals surface area contributed by atoms with E-state index in [2.05, 4.69) is 35.6 Å². The fourth-order valence-electron chi connectivity index (χ4n) is 4.07. The first kappa shape index (κ1) is 28.0. The summed E-state index contributed by atoms with van der Waals surface area (Å²) in [5.74, 6) is -5.58. The Balaban J connectivity index is 1.23. The van der Waals surface area contributed by atoms with Crippen LogP contribution in [0, 0.1) is 11.6 Å². The Kier molecular flexibility index (Phi) is 8.79. The fraction of sp³-hybridized carbons (Fsp3) is 0.417. The first-order valence-electron chi connectivity index (χ1n) is 12.0. The van der Waals surface area contributed by atoms with Crippen LogP contribution in [0.2, 0.25) is 0 Å². The SMILES string of the molecule is O=C(NC(CCCCNC1CC1c1cc(F)c(OC(F)(F)F)c(F)c1)C(=O)NCc1cnc[nH]1)c1cnco1. The van der Waals surface area contributed by atoms with Crippen LogP contribution in [0.25, 0.3) is 0 Å². The Morgan fingerprint density at radius 1 is 1.15 bits per heavy atom. The summed E-state index contributed by atoms with van der Waals surface area (Å²) >= 11 is 0. The number of rotatable bonds is 13. The number of oxazole rings is 1. The minimum Gasteiger partial charge on any atom is -0.438 e. The van der Waals surface area contributed by atoms with E-state index in [1.54, 1.807) is 6.20 Å². The van der Waals surface area contributed by atoms with Crippen molar-refractivity contribution in [3.63, 3.8) is 0 Å². The predicted molar refractivity (Wildman–Crippen MR) is 124 cm³/mol. The number of ether oxygens (including phenoxy) is 1. The molecule has 0 spiro atoms. The number of carbonyl (C=O) groups is 2. The highest BCUT2D eigenvalue weighted by atomic mass is 19.4. The third kappa shape index (κ3) is 7.99. The van der Waals surface area contributed by atoms with E-state index in [0.29, 0.717) is 37.9 Å². The van der Waals surface area contributed by atoms with Crippen molar-refractivity contribution in [2.24, 2.45) is 0 Å². The average molecular weight is 556 g/mol. The van der Waals surface area contributed by atoms with Gasteiger partial charge in [0.25, 0.3) is 5.91 Å². The Labute approximate surface area is 218 Å². The molecular weight excluding hydrogens is 531 g/mol. The number of carbonyl (C=O) groups excluding carboxylic acids is 2. The van der Waals surface area contributed by atoms with Crippen molar-refractivity contribution in [3.8, 4) is 5.75 Å². The Bertz CT molecular complexity index is 1230. The molecule has 1 aromatic carbocycles. The smallest absolute Gasteiger partial charge is 0.438 e. The maximum absolute atomic E-state index is 14.0. The van der Waals surface area contributed by atoms with Gasteiger partial charge in [0.05, 0.1) is 24.8 Å². The van der Waals surface area contributed by atoms with Crippen molar-refractivity contribution < 1.29 is 40.7 Å². The quantitative estimate of drug-likeness (QED) is 0.188. The molecular formula is C24H25F5N6O4. The second-order valence-electron chi connectivity index (χ2n) is 8.95. The molecule has 1 saturated carbocycles. The zero-order valence-corrected chi connectivity index (χ0v) is 20.4. The maximum Gasteiger partial charge on any atom is 0.573 e. The number of H-pyrrole nitrogens is 1. The number of nitrogens with one attached hydrogen (secondary N) is 4. The molecule has 15 heteroatoms. The number of amides is 2. The lowest BCUT2D eigenvalue weighted by molar-refractivity contribution is -0.276. The zero-order valence-electron chi connectivity index (χ0n) is 20.4. The van der Waals surface area contributed by atoms with Crippen molar-refractivity contribution in [3.05, 3.63) is 65.9 Å². The minimum atomic E-state index is -5.20. The molecule has 2 amide bonds. The van der Waals surface area contributed by atoms with Gasteiger partial charge in [0.2, 0.25) is 17.4 Å². The molecule has 1 aliphatic carbocycles. The number of aromatic nitrogens is 3. The lowest BCUT2D eigenvalue weighted by Gasteiger charge is -2.18. The summed E-state index contributed by atoms with van der Waals surface area (Å²) < 4.78 is 73.4.